The number of carbonyl (C=O) groups is 2. The van der Waals surface area contributed by atoms with Crippen LogP contribution in [0.2, 0.25) is 0 Å². The molecule has 1 heterocycles. The van der Waals surface area contributed by atoms with E-state index >= 15 is 0 Å². The number of nitrogens with zero attached hydrogens (tertiary/aromatic N) is 1. The lowest BCUT2D eigenvalue weighted by Gasteiger charge is -2.36. The second-order valence-corrected chi connectivity index (χ2v) is 5.83. The molecule has 0 bridgehead atoms. The zero-order valence-corrected chi connectivity index (χ0v) is 11.5. The Bertz CT molecular complexity index is 333. The van der Waals surface area contributed by atoms with Gasteiger partial charge in [-0.3, -0.25) is 10.1 Å². The Hall–Kier alpha value is -1.06. The van der Waals surface area contributed by atoms with E-state index in [9.17, 15) is 9.59 Å². The van der Waals surface area contributed by atoms with Crippen LogP contribution in [0, 0.1) is 5.92 Å². The molecule has 0 radical (unpaired) electrons. The number of rotatable bonds is 3. The van der Waals surface area contributed by atoms with E-state index in [1.54, 1.807) is 0 Å². The highest BCUT2D eigenvalue weighted by molar-refractivity contribution is 6.07. The third kappa shape index (κ3) is 2.25. The number of imide groups is 1. The fourth-order valence-electron chi connectivity index (χ4n) is 3.11. The maximum atomic E-state index is 12.2. The van der Waals surface area contributed by atoms with E-state index in [4.69, 9.17) is 0 Å². The first-order valence-electron chi connectivity index (χ1n) is 7.23. The lowest BCUT2D eigenvalue weighted by atomic mass is 9.88. The maximum Gasteiger partial charge on any atom is 0.325 e. The van der Waals surface area contributed by atoms with Crippen LogP contribution in [-0.4, -0.2) is 28.9 Å². The van der Waals surface area contributed by atoms with Crippen LogP contribution < -0.4 is 5.32 Å². The molecule has 2 aliphatic rings. The topological polar surface area (TPSA) is 49.4 Å². The number of carbonyl (C=O) groups excluding carboxylic acids is 2. The van der Waals surface area contributed by atoms with Crippen LogP contribution in [0.25, 0.3) is 0 Å². The van der Waals surface area contributed by atoms with Crippen LogP contribution in [-0.2, 0) is 4.79 Å². The smallest absolute Gasteiger partial charge is 0.309 e. The summed E-state index contributed by atoms with van der Waals surface area (Å²) in [6.45, 7) is 4.97. The van der Waals surface area contributed by atoms with Gasteiger partial charge in [0, 0.05) is 6.54 Å². The van der Waals surface area contributed by atoms with E-state index in [1.807, 2.05) is 4.90 Å². The second kappa shape index (κ2) is 5.29. The van der Waals surface area contributed by atoms with Crippen LogP contribution in [0.1, 0.15) is 58.8 Å². The molecule has 0 aromatic carbocycles. The lowest BCUT2D eigenvalue weighted by Crippen LogP contribution is -2.50. The Labute approximate surface area is 109 Å². The van der Waals surface area contributed by atoms with Gasteiger partial charge in [-0.05, 0) is 18.8 Å². The van der Waals surface area contributed by atoms with E-state index < -0.39 is 5.54 Å². The van der Waals surface area contributed by atoms with Crippen molar-refractivity contribution in [2.45, 2.75) is 64.3 Å². The molecule has 2 rings (SSSR count). The van der Waals surface area contributed by atoms with Gasteiger partial charge in [0.1, 0.15) is 5.54 Å². The lowest BCUT2D eigenvalue weighted by molar-refractivity contribution is -0.127. The molecule has 1 unspecified atom stereocenters. The molecule has 1 aliphatic carbocycles. The third-order valence-electron chi connectivity index (χ3n) is 4.53. The molecule has 0 aromatic rings. The van der Waals surface area contributed by atoms with Crippen molar-refractivity contribution < 1.29 is 9.59 Å². The summed E-state index contributed by atoms with van der Waals surface area (Å²) in [6, 6.07) is -0.179. The highest BCUT2D eigenvalue weighted by Crippen LogP contribution is 2.36. The van der Waals surface area contributed by atoms with Gasteiger partial charge in [0.2, 0.25) is 0 Å². The van der Waals surface area contributed by atoms with Crippen molar-refractivity contribution in [3.8, 4) is 0 Å². The standard InChI is InChI=1S/C14H24N2O2/c1-3-11(2)10-16-13(18)15-12(17)14(16)8-6-4-5-7-9-14/h11H,3-10H2,1-2H3,(H,15,17,18). The number of amides is 3. The molecule has 1 spiro atoms. The minimum Gasteiger partial charge on any atom is -0.309 e. The van der Waals surface area contributed by atoms with Crippen molar-refractivity contribution in [1.29, 1.82) is 0 Å². The summed E-state index contributed by atoms with van der Waals surface area (Å²) in [5.41, 5.74) is -0.531. The fraction of sp³-hybridized carbons (Fsp3) is 0.857. The largest absolute Gasteiger partial charge is 0.325 e. The van der Waals surface area contributed by atoms with Crippen LogP contribution in [0.3, 0.4) is 0 Å². The van der Waals surface area contributed by atoms with Crippen molar-refractivity contribution in [2.75, 3.05) is 6.54 Å². The zero-order chi connectivity index (χ0) is 13.2. The highest BCUT2D eigenvalue weighted by atomic mass is 16.2. The molecule has 1 saturated carbocycles. The van der Waals surface area contributed by atoms with Crippen LogP contribution in [0.4, 0.5) is 4.79 Å². The molecule has 3 amide bonds. The molecular formula is C14H24N2O2. The molecule has 0 aromatic heterocycles. The predicted octanol–water partition coefficient (Wildman–Crippen LogP) is 2.68. The average molecular weight is 252 g/mol. The van der Waals surface area contributed by atoms with Crippen LogP contribution in [0.5, 0.6) is 0 Å². The Morgan fingerprint density at radius 2 is 1.83 bits per heavy atom. The average Bonchev–Trinajstić information content (AvgIpc) is 2.55. The Morgan fingerprint density at radius 1 is 1.22 bits per heavy atom. The molecule has 1 saturated heterocycles. The molecule has 4 nitrogen and oxygen atoms in total. The normalized spacial score (nSPS) is 25.1. The molecule has 4 heteroatoms. The molecule has 1 atom stereocenters. The Morgan fingerprint density at radius 3 is 2.39 bits per heavy atom. The Balaban J connectivity index is 2.22. The number of urea groups is 1. The number of nitrogens with one attached hydrogen (secondary N) is 1. The van der Waals surface area contributed by atoms with Crippen LogP contribution in [0.15, 0.2) is 0 Å². The van der Waals surface area contributed by atoms with Gasteiger partial charge in [-0.2, -0.15) is 0 Å². The SMILES string of the molecule is CCC(C)CN1C(=O)NC(=O)C12CCCCCC2. The molecule has 1 N–H and O–H groups in total. The highest BCUT2D eigenvalue weighted by Gasteiger charge is 2.52. The minimum absolute atomic E-state index is 0.0577. The van der Waals surface area contributed by atoms with E-state index in [0.717, 1.165) is 32.1 Å². The molecule has 2 fully saturated rings. The van der Waals surface area contributed by atoms with E-state index in [-0.39, 0.29) is 11.9 Å². The van der Waals surface area contributed by atoms with Gasteiger partial charge >= 0.3 is 6.03 Å². The number of hydrogen-bond donors (Lipinski definition) is 1. The fourth-order valence-corrected chi connectivity index (χ4v) is 3.11. The first-order valence-corrected chi connectivity index (χ1v) is 7.23. The van der Waals surface area contributed by atoms with E-state index in [0.29, 0.717) is 12.5 Å². The third-order valence-corrected chi connectivity index (χ3v) is 4.53. The van der Waals surface area contributed by atoms with Gasteiger partial charge in [0.15, 0.2) is 0 Å². The summed E-state index contributed by atoms with van der Waals surface area (Å²) in [7, 11) is 0. The Kier molecular flexibility index (Phi) is 3.93. The van der Waals surface area contributed by atoms with E-state index in [2.05, 4.69) is 19.2 Å². The predicted molar refractivity (Wildman–Crippen MR) is 70.1 cm³/mol. The first kappa shape index (κ1) is 13.4. The second-order valence-electron chi connectivity index (χ2n) is 5.83. The maximum absolute atomic E-state index is 12.2. The van der Waals surface area contributed by atoms with Crippen molar-refractivity contribution in [3.63, 3.8) is 0 Å². The first-order chi connectivity index (χ1) is 8.60. The van der Waals surface area contributed by atoms with E-state index in [1.165, 1.54) is 12.8 Å². The quantitative estimate of drug-likeness (QED) is 0.785. The molecule has 18 heavy (non-hydrogen) atoms. The molecule has 102 valence electrons. The summed E-state index contributed by atoms with van der Waals surface area (Å²) in [4.78, 5) is 26.1. The van der Waals surface area contributed by atoms with Gasteiger partial charge in [0.05, 0.1) is 0 Å². The van der Waals surface area contributed by atoms with Gasteiger partial charge < -0.3 is 4.90 Å². The van der Waals surface area contributed by atoms with Gasteiger partial charge in [0.25, 0.3) is 5.91 Å². The van der Waals surface area contributed by atoms with Gasteiger partial charge in [-0.25, -0.2) is 4.79 Å². The summed E-state index contributed by atoms with van der Waals surface area (Å²) >= 11 is 0. The van der Waals surface area contributed by atoms with Gasteiger partial charge in [-0.15, -0.1) is 0 Å². The molecule has 1 aliphatic heterocycles. The van der Waals surface area contributed by atoms with Crippen molar-refractivity contribution in [3.05, 3.63) is 0 Å². The summed E-state index contributed by atoms with van der Waals surface area (Å²) < 4.78 is 0. The molecular weight excluding hydrogens is 228 g/mol. The van der Waals surface area contributed by atoms with Crippen molar-refractivity contribution in [2.24, 2.45) is 5.92 Å². The van der Waals surface area contributed by atoms with Crippen molar-refractivity contribution >= 4 is 11.9 Å². The zero-order valence-electron chi connectivity index (χ0n) is 11.5. The summed E-state index contributed by atoms with van der Waals surface area (Å²) in [5, 5.41) is 2.53. The summed E-state index contributed by atoms with van der Waals surface area (Å²) in [6.07, 6.45) is 7.17. The number of hydrogen-bond acceptors (Lipinski definition) is 2. The van der Waals surface area contributed by atoms with Gasteiger partial charge in [-0.1, -0.05) is 46.0 Å². The monoisotopic (exact) mass is 252 g/mol. The van der Waals surface area contributed by atoms with Crippen LogP contribution >= 0.6 is 0 Å². The summed E-state index contributed by atoms with van der Waals surface area (Å²) in [5.74, 6) is 0.388. The minimum atomic E-state index is -0.531. The van der Waals surface area contributed by atoms with Crippen molar-refractivity contribution in [1.82, 2.24) is 10.2 Å².